The first kappa shape index (κ1) is 16.2. The Morgan fingerprint density at radius 1 is 1.50 bits per heavy atom. The number of unbranched alkanes of at least 4 members (excludes halogenated alkanes) is 2. The molecule has 1 unspecified atom stereocenters. The van der Waals surface area contributed by atoms with Crippen molar-refractivity contribution in [1.82, 2.24) is 0 Å². The number of rotatable bonds is 5. The maximum atomic E-state index is 5.14. The second-order valence-electron chi connectivity index (χ2n) is 2.67. The monoisotopic (exact) mass is 230 g/mol. The molecule has 1 atom stereocenters. The molecule has 66 valence electrons. The Kier molecular flexibility index (Phi) is 14.6. The minimum Gasteiger partial charge on any atom is -0.511 e. The number of thiocarbonyl (C=S) groups is 1. The van der Waals surface area contributed by atoms with Crippen LogP contribution >= 0.6 is 12.2 Å². The second-order valence-corrected chi connectivity index (χ2v) is 3.67. The zero-order valence-electron chi connectivity index (χ0n) is 8.13. The molecule has 0 aliphatic rings. The van der Waals surface area contributed by atoms with Crippen molar-refractivity contribution in [3.8, 4) is 0 Å². The van der Waals surface area contributed by atoms with Crippen LogP contribution in [-0.2, 0) is 17.4 Å². The maximum Gasteiger partial charge on any atom is 1.00 e. The van der Waals surface area contributed by atoms with Crippen molar-refractivity contribution in [3.05, 3.63) is 0 Å². The summed E-state index contributed by atoms with van der Waals surface area (Å²) in [7, 11) is 0. The average Bonchev–Trinajstić information content (AvgIpc) is 1.86. The van der Waals surface area contributed by atoms with Gasteiger partial charge in [-0.2, -0.15) is 0 Å². The molecule has 4 heteroatoms. The van der Waals surface area contributed by atoms with Crippen LogP contribution in [0.1, 0.15) is 39.5 Å². The fourth-order valence-corrected chi connectivity index (χ4v) is 1.23. The molecule has 0 fully saturated rings. The molecule has 0 saturated heterocycles. The van der Waals surface area contributed by atoms with Crippen LogP contribution in [-0.4, -0.2) is 10.5 Å². The van der Waals surface area contributed by atoms with E-state index in [1.54, 1.807) is 0 Å². The van der Waals surface area contributed by atoms with Crippen LogP contribution in [0.3, 0.4) is 0 Å². The van der Waals surface area contributed by atoms with Gasteiger partial charge in [0.25, 0.3) is 0 Å². The van der Waals surface area contributed by atoms with E-state index in [9.17, 15) is 0 Å². The number of hydrogen-bond donors (Lipinski definition) is 0. The van der Waals surface area contributed by atoms with E-state index in [0.717, 1.165) is 6.42 Å². The van der Waals surface area contributed by atoms with Crippen molar-refractivity contribution in [2.24, 2.45) is 0 Å². The molecule has 0 spiro atoms. The van der Waals surface area contributed by atoms with Crippen LogP contribution in [0.4, 0.5) is 0 Å². The van der Waals surface area contributed by atoms with E-state index >= 15 is 0 Å². The molecule has 0 rings (SSSR count). The molecule has 0 aromatic heterocycles. The Morgan fingerprint density at radius 2 is 2.08 bits per heavy atom. The van der Waals surface area contributed by atoms with Crippen molar-refractivity contribution >= 4 is 29.2 Å². The van der Waals surface area contributed by atoms with Gasteiger partial charge in [-0.05, 0) is 19.8 Å². The quantitative estimate of drug-likeness (QED) is 0.280. The third-order valence-corrected chi connectivity index (χ3v) is 1.70. The minimum atomic E-state index is 0. The van der Waals surface area contributed by atoms with E-state index in [2.05, 4.69) is 31.8 Å². The van der Waals surface area contributed by atoms with E-state index in [4.69, 9.17) is 4.74 Å². The van der Waals surface area contributed by atoms with Crippen molar-refractivity contribution in [2.45, 2.75) is 45.6 Å². The molecule has 0 aliphatic carbocycles. The summed E-state index contributed by atoms with van der Waals surface area (Å²) < 4.78 is 5.39. The van der Waals surface area contributed by atoms with E-state index in [-0.39, 0.29) is 61.9 Å². The molecule has 0 amide bonds. The molecule has 12 heavy (non-hydrogen) atoms. The molecule has 0 aliphatic heterocycles. The van der Waals surface area contributed by atoms with E-state index in [1.165, 1.54) is 19.3 Å². The van der Waals surface area contributed by atoms with Crippen molar-refractivity contribution in [1.29, 1.82) is 0 Å². The summed E-state index contributed by atoms with van der Waals surface area (Å²) in [6.45, 7) is 4.19. The summed E-state index contributed by atoms with van der Waals surface area (Å²) in [6, 6.07) is 0. The van der Waals surface area contributed by atoms with E-state index in [0.29, 0.717) is 0 Å². The Bertz CT molecular complexity index is 120. The predicted octanol–water partition coefficient (Wildman–Crippen LogP) is -0.192. The van der Waals surface area contributed by atoms with Gasteiger partial charge in [-0.25, -0.2) is 0 Å². The van der Waals surface area contributed by atoms with Crippen LogP contribution < -0.4 is 51.4 Å². The van der Waals surface area contributed by atoms with Gasteiger partial charge in [-0.1, -0.05) is 19.8 Å². The largest absolute Gasteiger partial charge is 1.00 e. The first-order valence-corrected chi connectivity index (χ1v) is 4.86. The maximum absolute atomic E-state index is 5.14. The van der Waals surface area contributed by atoms with Gasteiger partial charge in [0.1, 0.15) is 0 Å². The fourth-order valence-electron chi connectivity index (χ4n) is 0.905. The van der Waals surface area contributed by atoms with Crippen LogP contribution in [0.15, 0.2) is 0 Å². The molecule has 0 heterocycles. The molecule has 0 saturated carbocycles. The SMILES string of the molecule is CCCCCC(C)OC(=S)[S-].[K+]. The molecular weight excluding hydrogens is 215 g/mol. The van der Waals surface area contributed by atoms with E-state index in [1.807, 2.05) is 6.92 Å². The van der Waals surface area contributed by atoms with Gasteiger partial charge in [0, 0.05) is 4.38 Å². The van der Waals surface area contributed by atoms with Gasteiger partial charge in [-0.15, -0.1) is 0 Å². The minimum absolute atomic E-state index is 0. The second kappa shape index (κ2) is 10.8. The topological polar surface area (TPSA) is 9.23 Å². The van der Waals surface area contributed by atoms with Gasteiger partial charge in [0.05, 0.1) is 6.10 Å². The Hall–Kier alpha value is 1.75. The first-order valence-electron chi connectivity index (χ1n) is 4.04. The molecule has 1 nitrogen and oxygen atoms in total. The zero-order valence-corrected chi connectivity index (χ0v) is 12.9. The van der Waals surface area contributed by atoms with E-state index < -0.39 is 0 Å². The molecule has 0 radical (unpaired) electrons. The number of hydrogen-bond acceptors (Lipinski definition) is 3. The third kappa shape index (κ3) is 11.7. The molecular formula is C8H15KOS2. The van der Waals surface area contributed by atoms with Crippen molar-refractivity contribution in [3.63, 3.8) is 0 Å². The summed E-state index contributed by atoms with van der Waals surface area (Å²) >= 11 is 9.29. The molecule has 0 N–H and O–H groups in total. The summed E-state index contributed by atoms with van der Waals surface area (Å²) in [5.41, 5.74) is 0. The molecule has 0 aromatic carbocycles. The van der Waals surface area contributed by atoms with Gasteiger partial charge in [-0.3, -0.25) is 0 Å². The van der Waals surface area contributed by atoms with Gasteiger partial charge >= 0.3 is 51.4 Å². The van der Waals surface area contributed by atoms with Crippen LogP contribution in [0, 0.1) is 0 Å². The smallest absolute Gasteiger partial charge is 0.511 e. The standard InChI is InChI=1S/C8H16OS2.K/c1-3-4-5-6-7(2)9-8(10)11;/h7H,3-6H2,1-2H3,(H,10,11);/q;+1/p-1. The van der Waals surface area contributed by atoms with Gasteiger partial charge < -0.3 is 29.6 Å². The van der Waals surface area contributed by atoms with Crippen LogP contribution in [0.5, 0.6) is 0 Å². The first-order chi connectivity index (χ1) is 5.16. The zero-order chi connectivity index (χ0) is 8.69. The Morgan fingerprint density at radius 3 is 2.50 bits per heavy atom. The predicted molar refractivity (Wildman–Crippen MR) is 54.7 cm³/mol. The molecule has 0 aromatic rings. The van der Waals surface area contributed by atoms with Gasteiger partial charge in [0.15, 0.2) is 0 Å². The van der Waals surface area contributed by atoms with Gasteiger partial charge in [0.2, 0.25) is 0 Å². The van der Waals surface area contributed by atoms with Crippen molar-refractivity contribution < 1.29 is 56.1 Å². The summed E-state index contributed by atoms with van der Waals surface area (Å²) in [5.74, 6) is 0. The summed E-state index contributed by atoms with van der Waals surface area (Å²) in [5, 5.41) is 0. The third-order valence-electron chi connectivity index (χ3n) is 1.51. The number of ether oxygens (including phenoxy) is 1. The van der Waals surface area contributed by atoms with Crippen LogP contribution in [0.25, 0.3) is 0 Å². The normalized spacial score (nSPS) is 11.5. The Labute approximate surface area is 129 Å². The summed E-state index contributed by atoms with van der Waals surface area (Å²) in [6.07, 6.45) is 4.97. The Balaban J connectivity index is 0. The fraction of sp³-hybridized carbons (Fsp3) is 0.875. The van der Waals surface area contributed by atoms with Crippen LogP contribution in [0.2, 0.25) is 0 Å². The molecule has 0 bridgehead atoms. The average molecular weight is 230 g/mol. The van der Waals surface area contributed by atoms with Crippen molar-refractivity contribution in [2.75, 3.05) is 0 Å². The summed E-state index contributed by atoms with van der Waals surface area (Å²) in [4.78, 5) is 0.